The molecule has 0 bridgehead atoms. The SMILES string of the molecule is C=C(CCC(N=O)[C@H](C)C(=O)O)NCCOCCOCCOCC. The molecule has 0 aliphatic rings. The minimum absolute atomic E-state index is 0.358. The molecule has 0 fully saturated rings. The highest BCUT2D eigenvalue weighted by Crippen LogP contribution is 2.15. The van der Waals surface area contributed by atoms with E-state index in [-0.39, 0.29) is 0 Å². The zero-order valence-corrected chi connectivity index (χ0v) is 14.7. The second-order valence-electron chi connectivity index (χ2n) is 5.29. The van der Waals surface area contributed by atoms with Crippen LogP contribution < -0.4 is 5.32 Å². The van der Waals surface area contributed by atoms with Gasteiger partial charge in [-0.15, -0.1) is 0 Å². The predicted molar refractivity (Wildman–Crippen MR) is 90.9 cm³/mol. The number of allylic oxidation sites excluding steroid dienone is 1. The monoisotopic (exact) mass is 346 g/mol. The molecule has 0 aromatic rings. The molecule has 0 radical (unpaired) electrons. The molecule has 0 aliphatic heterocycles. The van der Waals surface area contributed by atoms with Gasteiger partial charge in [-0.25, -0.2) is 0 Å². The summed E-state index contributed by atoms with van der Waals surface area (Å²) in [5.41, 5.74) is 0.734. The van der Waals surface area contributed by atoms with Crippen molar-refractivity contribution < 1.29 is 24.1 Å². The van der Waals surface area contributed by atoms with Gasteiger partial charge in [0.15, 0.2) is 0 Å². The summed E-state index contributed by atoms with van der Waals surface area (Å²) in [5.74, 6) is -1.81. The first-order valence-electron chi connectivity index (χ1n) is 8.23. The van der Waals surface area contributed by atoms with E-state index in [1.54, 1.807) is 0 Å². The van der Waals surface area contributed by atoms with E-state index in [0.717, 1.165) is 5.70 Å². The Morgan fingerprint density at radius 1 is 1.17 bits per heavy atom. The highest BCUT2D eigenvalue weighted by atomic mass is 16.5. The Hall–Kier alpha value is -1.51. The molecule has 2 atom stereocenters. The molecule has 1 unspecified atom stereocenters. The molecular weight excluding hydrogens is 316 g/mol. The number of hydrogen-bond donors (Lipinski definition) is 2. The first-order chi connectivity index (χ1) is 11.5. The van der Waals surface area contributed by atoms with Crippen LogP contribution in [-0.4, -0.2) is 63.3 Å². The molecule has 0 saturated heterocycles. The lowest BCUT2D eigenvalue weighted by atomic mass is 9.98. The van der Waals surface area contributed by atoms with Gasteiger partial charge in [-0.05, 0) is 26.7 Å². The van der Waals surface area contributed by atoms with E-state index in [9.17, 15) is 9.70 Å². The maximum atomic E-state index is 10.8. The third kappa shape index (κ3) is 12.0. The van der Waals surface area contributed by atoms with Crippen molar-refractivity contribution in [1.82, 2.24) is 5.32 Å². The lowest BCUT2D eigenvalue weighted by Gasteiger charge is -2.15. The zero-order valence-electron chi connectivity index (χ0n) is 14.7. The quantitative estimate of drug-likeness (QED) is 0.305. The molecule has 0 amide bonds. The second kappa shape index (κ2) is 15.0. The summed E-state index contributed by atoms with van der Waals surface area (Å²) in [5, 5.41) is 14.9. The molecular formula is C16H30N2O6. The summed E-state index contributed by atoms with van der Waals surface area (Å²) in [7, 11) is 0. The van der Waals surface area contributed by atoms with Crippen molar-refractivity contribution in [2.45, 2.75) is 32.7 Å². The van der Waals surface area contributed by atoms with E-state index in [1.807, 2.05) is 6.92 Å². The third-order valence-corrected chi connectivity index (χ3v) is 3.41. The summed E-state index contributed by atoms with van der Waals surface area (Å²) in [6.07, 6.45) is 0.853. The van der Waals surface area contributed by atoms with Crippen molar-refractivity contribution in [3.8, 4) is 0 Å². The number of ether oxygens (including phenoxy) is 3. The van der Waals surface area contributed by atoms with Crippen molar-refractivity contribution in [3.05, 3.63) is 17.2 Å². The number of carboxylic acids is 1. The third-order valence-electron chi connectivity index (χ3n) is 3.41. The van der Waals surface area contributed by atoms with Gasteiger partial charge < -0.3 is 24.6 Å². The zero-order chi connectivity index (χ0) is 18.2. The topological polar surface area (TPSA) is 106 Å². The fraction of sp³-hybridized carbons (Fsp3) is 0.812. The van der Waals surface area contributed by atoms with Crippen LogP contribution in [0.2, 0.25) is 0 Å². The van der Waals surface area contributed by atoms with Gasteiger partial charge in [0.05, 0.1) is 39.0 Å². The molecule has 140 valence electrons. The Morgan fingerprint density at radius 2 is 1.75 bits per heavy atom. The fourth-order valence-corrected chi connectivity index (χ4v) is 1.85. The van der Waals surface area contributed by atoms with E-state index >= 15 is 0 Å². The number of aliphatic carboxylic acids is 1. The molecule has 0 saturated carbocycles. The molecule has 0 rings (SSSR count). The maximum Gasteiger partial charge on any atom is 0.308 e. The molecule has 24 heavy (non-hydrogen) atoms. The van der Waals surface area contributed by atoms with Gasteiger partial charge in [-0.1, -0.05) is 11.8 Å². The van der Waals surface area contributed by atoms with Crippen molar-refractivity contribution in [3.63, 3.8) is 0 Å². The van der Waals surface area contributed by atoms with Crippen LogP contribution in [-0.2, 0) is 19.0 Å². The fourth-order valence-electron chi connectivity index (χ4n) is 1.85. The number of nitroso groups, excluding NO2 is 1. The first-order valence-corrected chi connectivity index (χ1v) is 8.23. The Morgan fingerprint density at radius 3 is 2.29 bits per heavy atom. The number of carboxylic acid groups (broad SMARTS) is 1. The van der Waals surface area contributed by atoms with E-state index in [4.69, 9.17) is 19.3 Å². The molecule has 0 heterocycles. The second-order valence-corrected chi connectivity index (χ2v) is 5.29. The molecule has 0 aromatic carbocycles. The molecule has 8 heteroatoms. The van der Waals surface area contributed by atoms with Crippen LogP contribution in [0.4, 0.5) is 0 Å². The highest BCUT2D eigenvalue weighted by Gasteiger charge is 2.24. The average molecular weight is 346 g/mol. The van der Waals surface area contributed by atoms with Crippen LogP contribution in [0.3, 0.4) is 0 Å². The van der Waals surface area contributed by atoms with Gasteiger partial charge in [-0.2, -0.15) is 4.91 Å². The minimum Gasteiger partial charge on any atom is -0.481 e. The van der Waals surface area contributed by atoms with E-state index in [0.29, 0.717) is 59.0 Å². The Labute approximate surface area is 143 Å². The van der Waals surface area contributed by atoms with Crippen molar-refractivity contribution >= 4 is 5.97 Å². The Bertz CT molecular complexity index is 364. The predicted octanol–water partition coefficient (Wildman–Crippen LogP) is 1.80. The summed E-state index contributed by atoms with van der Waals surface area (Å²) < 4.78 is 15.8. The van der Waals surface area contributed by atoms with E-state index in [2.05, 4.69) is 17.1 Å². The lowest BCUT2D eigenvalue weighted by Crippen LogP contribution is -2.25. The highest BCUT2D eigenvalue weighted by molar-refractivity contribution is 5.70. The number of carbonyl (C=O) groups is 1. The van der Waals surface area contributed by atoms with Crippen LogP contribution in [0.1, 0.15) is 26.7 Å². The standard InChI is InChI=1S/C16H30N2O6/c1-4-22-9-10-24-12-11-23-8-7-17-13(2)5-6-15(18-21)14(3)16(19)20/h14-15,17H,2,4-12H2,1,3H3,(H,19,20)/t14-,15?/m0/s1. The number of hydrogen-bond acceptors (Lipinski definition) is 7. The number of rotatable bonds is 17. The first kappa shape index (κ1) is 22.5. The maximum absolute atomic E-state index is 10.8. The van der Waals surface area contributed by atoms with Crippen LogP contribution in [0, 0.1) is 10.8 Å². The number of nitrogens with one attached hydrogen (secondary N) is 1. The van der Waals surface area contributed by atoms with E-state index in [1.165, 1.54) is 6.92 Å². The van der Waals surface area contributed by atoms with Gasteiger partial charge >= 0.3 is 5.97 Å². The van der Waals surface area contributed by atoms with Crippen molar-refractivity contribution in [1.29, 1.82) is 0 Å². The van der Waals surface area contributed by atoms with Crippen molar-refractivity contribution in [2.75, 3.05) is 46.2 Å². The van der Waals surface area contributed by atoms with Gasteiger partial charge in [0.25, 0.3) is 0 Å². The minimum atomic E-state index is -1.02. The normalized spacial score (nSPS) is 13.2. The Balaban J connectivity index is 3.56. The summed E-state index contributed by atoms with van der Waals surface area (Å²) >= 11 is 0. The molecule has 8 nitrogen and oxygen atoms in total. The molecule has 0 aromatic heterocycles. The smallest absolute Gasteiger partial charge is 0.308 e. The number of nitrogens with zero attached hydrogens (tertiary/aromatic N) is 1. The lowest BCUT2D eigenvalue weighted by molar-refractivity contribution is -0.141. The Kier molecular flexibility index (Phi) is 14.1. The van der Waals surface area contributed by atoms with Gasteiger partial charge in [0.2, 0.25) is 0 Å². The summed E-state index contributed by atoms with van der Waals surface area (Å²) in [6, 6.07) is -0.744. The average Bonchev–Trinajstić information content (AvgIpc) is 2.56. The van der Waals surface area contributed by atoms with E-state index < -0.39 is 17.9 Å². The van der Waals surface area contributed by atoms with Crippen LogP contribution >= 0.6 is 0 Å². The van der Waals surface area contributed by atoms with Crippen LogP contribution in [0.5, 0.6) is 0 Å². The van der Waals surface area contributed by atoms with Crippen molar-refractivity contribution in [2.24, 2.45) is 11.1 Å². The molecule has 0 aliphatic carbocycles. The van der Waals surface area contributed by atoms with Gasteiger partial charge in [0, 0.05) is 18.8 Å². The van der Waals surface area contributed by atoms with Crippen LogP contribution in [0.15, 0.2) is 17.5 Å². The molecule has 2 N–H and O–H groups in total. The molecule has 0 spiro atoms. The van der Waals surface area contributed by atoms with Gasteiger partial charge in [0.1, 0.15) is 6.04 Å². The van der Waals surface area contributed by atoms with Gasteiger partial charge in [-0.3, -0.25) is 4.79 Å². The summed E-state index contributed by atoms with van der Waals surface area (Å²) in [6.45, 7) is 11.2. The van der Waals surface area contributed by atoms with Crippen LogP contribution in [0.25, 0.3) is 0 Å². The summed E-state index contributed by atoms with van der Waals surface area (Å²) in [4.78, 5) is 21.5. The largest absolute Gasteiger partial charge is 0.481 e.